The standard InChI is InChI=1S/C24H27O2P/c1-16(2)25-22-14-7-5-10-18(22)20-12-9-13-21(24(20)27)19-11-6-8-15-23(19)26-17(3)4/h5-17H,27H2,1-4H3. The molecule has 0 saturated heterocycles. The van der Waals surface area contributed by atoms with Crippen LogP contribution < -0.4 is 14.8 Å². The van der Waals surface area contributed by atoms with Crippen LogP contribution in [0.4, 0.5) is 0 Å². The summed E-state index contributed by atoms with van der Waals surface area (Å²) in [4.78, 5) is 0. The first-order chi connectivity index (χ1) is 13.0. The minimum Gasteiger partial charge on any atom is -0.490 e. The van der Waals surface area contributed by atoms with Crippen LogP contribution in [-0.2, 0) is 0 Å². The summed E-state index contributed by atoms with van der Waals surface area (Å²) in [5, 5.41) is 1.14. The van der Waals surface area contributed by atoms with Gasteiger partial charge in [-0.15, -0.1) is 9.24 Å². The van der Waals surface area contributed by atoms with Crippen LogP contribution >= 0.6 is 9.24 Å². The van der Waals surface area contributed by atoms with E-state index < -0.39 is 0 Å². The fraction of sp³-hybridized carbons (Fsp3) is 0.250. The summed E-state index contributed by atoms with van der Waals surface area (Å²) in [6, 6.07) is 22.8. The maximum absolute atomic E-state index is 6.04. The number of benzene rings is 3. The fourth-order valence-electron chi connectivity index (χ4n) is 3.13. The van der Waals surface area contributed by atoms with Crippen LogP contribution in [0.15, 0.2) is 66.7 Å². The molecule has 1 atom stereocenters. The summed E-state index contributed by atoms with van der Waals surface area (Å²) in [6.07, 6.45) is 0.255. The maximum Gasteiger partial charge on any atom is 0.127 e. The van der Waals surface area contributed by atoms with Gasteiger partial charge in [0.05, 0.1) is 12.2 Å². The molecule has 3 aromatic carbocycles. The summed E-state index contributed by atoms with van der Waals surface area (Å²) in [7, 11) is 2.91. The molecule has 27 heavy (non-hydrogen) atoms. The molecule has 0 radical (unpaired) electrons. The van der Waals surface area contributed by atoms with Gasteiger partial charge in [0.1, 0.15) is 11.5 Å². The molecule has 0 aliphatic carbocycles. The number of para-hydroxylation sites is 2. The third-order valence-corrected chi connectivity index (χ3v) is 4.81. The summed E-state index contributed by atoms with van der Waals surface area (Å²) in [5.41, 5.74) is 4.49. The van der Waals surface area contributed by atoms with Gasteiger partial charge in [-0.25, -0.2) is 0 Å². The molecule has 0 spiro atoms. The average molecular weight is 378 g/mol. The van der Waals surface area contributed by atoms with E-state index >= 15 is 0 Å². The van der Waals surface area contributed by atoms with E-state index in [2.05, 4.69) is 51.7 Å². The molecule has 2 nitrogen and oxygen atoms in total. The van der Waals surface area contributed by atoms with Crippen molar-refractivity contribution in [1.29, 1.82) is 0 Å². The van der Waals surface area contributed by atoms with Crippen molar-refractivity contribution in [3.8, 4) is 33.8 Å². The second kappa shape index (κ2) is 8.59. The Bertz CT molecular complexity index is 844. The van der Waals surface area contributed by atoms with Gasteiger partial charge in [-0.3, -0.25) is 0 Å². The van der Waals surface area contributed by atoms with E-state index in [1.165, 1.54) is 0 Å². The summed E-state index contributed by atoms with van der Waals surface area (Å²) >= 11 is 0. The Morgan fingerprint density at radius 3 is 1.33 bits per heavy atom. The molecule has 140 valence electrons. The van der Waals surface area contributed by atoms with Crippen molar-refractivity contribution < 1.29 is 9.47 Å². The molecule has 0 N–H and O–H groups in total. The van der Waals surface area contributed by atoms with Crippen molar-refractivity contribution in [3.05, 3.63) is 66.7 Å². The minimum atomic E-state index is 0.127. The van der Waals surface area contributed by atoms with Crippen LogP contribution in [0.1, 0.15) is 27.7 Å². The van der Waals surface area contributed by atoms with Crippen molar-refractivity contribution in [2.45, 2.75) is 39.9 Å². The van der Waals surface area contributed by atoms with Gasteiger partial charge in [-0.1, -0.05) is 54.6 Å². The molecule has 0 aliphatic heterocycles. The van der Waals surface area contributed by atoms with Crippen LogP contribution in [0.3, 0.4) is 0 Å². The first-order valence-electron chi connectivity index (χ1n) is 9.38. The topological polar surface area (TPSA) is 18.5 Å². The Balaban J connectivity index is 2.12. The van der Waals surface area contributed by atoms with Gasteiger partial charge in [0, 0.05) is 11.1 Å². The van der Waals surface area contributed by atoms with Crippen LogP contribution in [0.2, 0.25) is 0 Å². The van der Waals surface area contributed by atoms with Crippen LogP contribution in [0.25, 0.3) is 22.3 Å². The smallest absolute Gasteiger partial charge is 0.127 e. The third kappa shape index (κ3) is 4.51. The van der Waals surface area contributed by atoms with E-state index in [0.717, 1.165) is 39.1 Å². The van der Waals surface area contributed by atoms with Crippen molar-refractivity contribution in [2.75, 3.05) is 0 Å². The van der Waals surface area contributed by atoms with Gasteiger partial charge in [0.2, 0.25) is 0 Å². The molecule has 3 aromatic rings. The SMILES string of the molecule is CC(C)Oc1ccccc1-c1cccc(-c2ccccc2OC(C)C)c1P. The summed E-state index contributed by atoms with van der Waals surface area (Å²) in [6.45, 7) is 8.20. The highest BCUT2D eigenvalue weighted by Gasteiger charge is 2.15. The zero-order chi connectivity index (χ0) is 19.4. The first-order valence-corrected chi connectivity index (χ1v) is 9.95. The van der Waals surface area contributed by atoms with Gasteiger partial charge >= 0.3 is 0 Å². The lowest BCUT2D eigenvalue weighted by Gasteiger charge is -2.19. The fourth-order valence-corrected chi connectivity index (χ4v) is 3.63. The Morgan fingerprint density at radius 1 is 0.556 bits per heavy atom. The van der Waals surface area contributed by atoms with Crippen molar-refractivity contribution in [1.82, 2.24) is 0 Å². The predicted octanol–water partition coefficient (Wildman–Crippen LogP) is 6.10. The largest absolute Gasteiger partial charge is 0.490 e. The van der Waals surface area contributed by atoms with E-state index in [-0.39, 0.29) is 12.2 Å². The lowest BCUT2D eigenvalue weighted by molar-refractivity contribution is 0.243. The van der Waals surface area contributed by atoms with E-state index in [0.29, 0.717) is 0 Å². The van der Waals surface area contributed by atoms with Gasteiger partial charge in [0.15, 0.2) is 0 Å². The molecule has 1 unspecified atom stereocenters. The Morgan fingerprint density at radius 2 is 0.926 bits per heavy atom. The second-order valence-electron chi connectivity index (χ2n) is 7.09. The van der Waals surface area contributed by atoms with Gasteiger partial charge < -0.3 is 9.47 Å². The molecule has 3 rings (SSSR count). The van der Waals surface area contributed by atoms with Gasteiger partial charge in [-0.2, -0.15) is 0 Å². The van der Waals surface area contributed by atoms with Gasteiger partial charge in [-0.05, 0) is 56.3 Å². The van der Waals surface area contributed by atoms with Crippen molar-refractivity contribution in [2.24, 2.45) is 0 Å². The van der Waals surface area contributed by atoms with Crippen molar-refractivity contribution >= 4 is 14.5 Å². The number of hydrogen-bond donors (Lipinski definition) is 0. The van der Waals surface area contributed by atoms with Gasteiger partial charge in [0.25, 0.3) is 0 Å². The van der Waals surface area contributed by atoms with Crippen LogP contribution in [0.5, 0.6) is 11.5 Å². The highest BCUT2D eigenvalue weighted by molar-refractivity contribution is 7.28. The zero-order valence-electron chi connectivity index (χ0n) is 16.4. The molecule has 0 amide bonds. The van der Waals surface area contributed by atoms with E-state index in [1.54, 1.807) is 0 Å². The third-order valence-electron chi connectivity index (χ3n) is 4.19. The molecule has 0 aromatic heterocycles. The molecular weight excluding hydrogens is 351 g/mol. The molecular formula is C24H27O2P. The lowest BCUT2D eigenvalue weighted by Crippen LogP contribution is -2.10. The molecule has 0 saturated carbocycles. The number of hydrogen-bond acceptors (Lipinski definition) is 2. The van der Waals surface area contributed by atoms with Crippen LogP contribution in [0, 0.1) is 0 Å². The Labute approximate surface area is 164 Å². The molecule has 0 fully saturated rings. The average Bonchev–Trinajstić information content (AvgIpc) is 2.62. The maximum atomic E-state index is 6.04. The lowest BCUT2D eigenvalue weighted by atomic mass is 9.97. The Kier molecular flexibility index (Phi) is 6.19. The van der Waals surface area contributed by atoms with Crippen LogP contribution in [-0.4, -0.2) is 12.2 Å². The highest BCUT2D eigenvalue weighted by atomic mass is 31.0. The Hall–Kier alpha value is -2.31. The predicted molar refractivity (Wildman–Crippen MR) is 118 cm³/mol. The monoisotopic (exact) mass is 378 g/mol. The highest BCUT2D eigenvalue weighted by Crippen LogP contribution is 2.36. The van der Waals surface area contributed by atoms with E-state index in [9.17, 15) is 0 Å². The zero-order valence-corrected chi connectivity index (χ0v) is 17.6. The summed E-state index contributed by atoms with van der Waals surface area (Å²) in [5.74, 6) is 1.81. The number of ether oxygens (including phenoxy) is 2. The van der Waals surface area contributed by atoms with E-state index in [1.807, 2.05) is 52.0 Å². The summed E-state index contributed by atoms with van der Waals surface area (Å²) < 4.78 is 12.1. The molecule has 0 heterocycles. The molecule has 3 heteroatoms. The minimum absolute atomic E-state index is 0.127. The quantitative estimate of drug-likeness (QED) is 0.483. The van der Waals surface area contributed by atoms with Crippen molar-refractivity contribution in [3.63, 3.8) is 0 Å². The molecule has 0 aliphatic rings. The molecule has 0 bridgehead atoms. The first kappa shape index (κ1) is 19.5. The van der Waals surface area contributed by atoms with E-state index in [4.69, 9.17) is 9.47 Å². The second-order valence-corrected chi connectivity index (χ2v) is 7.67. The normalized spacial score (nSPS) is 11.1. The number of rotatable bonds is 6.